The molecule has 4 nitrogen and oxygen atoms in total. The van der Waals surface area contributed by atoms with Crippen molar-refractivity contribution >= 4 is 5.91 Å². The molecule has 0 unspecified atom stereocenters. The number of carbonyl (C=O) groups excluding carboxylic acids is 1. The lowest BCUT2D eigenvalue weighted by Crippen LogP contribution is -2.30. The van der Waals surface area contributed by atoms with Crippen LogP contribution < -0.4 is 5.32 Å². The number of rotatable bonds is 4. The number of nitrogens with one attached hydrogen (secondary N) is 1. The summed E-state index contributed by atoms with van der Waals surface area (Å²) < 4.78 is 5.29. The molecule has 1 N–H and O–H groups in total. The SMILES string of the molecule is Cc1ccc(-c2oncc2C(=O)NCC2CCCCC2)cc1. The minimum atomic E-state index is -0.0950. The molecule has 0 saturated heterocycles. The number of nitrogens with zero attached hydrogens (tertiary/aromatic N) is 1. The van der Waals surface area contributed by atoms with Gasteiger partial charge in [0.1, 0.15) is 5.56 Å². The fraction of sp³-hybridized carbons (Fsp3) is 0.444. The molecule has 0 radical (unpaired) electrons. The Hall–Kier alpha value is -2.10. The Morgan fingerprint density at radius 3 is 2.68 bits per heavy atom. The molecule has 1 fully saturated rings. The maximum Gasteiger partial charge on any atom is 0.256 e. The number of hydrogen-bond acceptors (Lipinski definition) is 3. The molecule has 1 aliphatic carbocycles. The molecule has 1 amide bonds. The van der Waals surface area contributed by atoms with Crippen LogP contribution in [0, 0.1) is 12.8 Å². The lowest BCUT2D eigenvalue weighted by molar-refractivity contribution is 0.0944. The van der Waals surface area contributed by atoms with Crippen LogP contribution in [0.4, 0.5) is 0 Å². The van der Waals surface area contributed by atoms with Crippen LogP contribution in [0.1, 0.15) is 48.0 Å². The van der Waals surface area contributed by atoms with Crippen molar-refractivity contribution in [1.82, 2.24) is 10.5 Å². The number of aromatic nitrogens is 1. The van der Waals surface area contributed by atoms with Crippen molar-refractivity contribution < 1.29 is 9.32 Å². The van der Waals surface area contributed by atoms with Crippen LogP contribution in [0.15, 0.2) is 35.0 Å². The number of amides is 1. The highest BCUT2D eigenvalue weighted by Crippen LogP contribution is 2.25. The Morgan fingerprint density at radius 2 is 1.95 bits per heavy atom. The Kier molecular flexibility index (Phi) is 4.56. The van der Waals surface area contributed by atoms with Crippen molar-refractivity contribution in [2.45, 2.75) is 39.0 Å². The first-order valence-electron chi connectivity index (χ1n) is 8.04. The van der Waals surface area contributed by atoms with E-state index in [2.05, 4.69) is 10.5 Å². The summed E-state index contributed by atoms with van der Waals surface area (Å²) >= 11 is 0. The maximum atomic E-state index is 12.4. The second kappa shape index (κ2) is 6.77. The average Bonchev–Trinajstić information content (AvgIpc) is 3.04. The van der Waals surface area contributed by atoms with Gasteiger partial charge in [-0.05, 0) is 25.7 Å². The molecule has 1 aromatic heterocycles. The first-order valence-corrected chi connectivity index (χ1v) is 8.04. The minimum Gasteiger partial charge on any atom is -0.355 e. The molecule has 1 aromatic carbocycles. The van der Waals surface area contributed by atoms with Gasteiger partial charge in [-0.25, -0.2) is 0 Å². The molecule has 1 saturated carbocycles. The normalized spacial score (nSPS) is 15.7. The largest absolute Gasteiger partial charge is 0.355 e. The Balaban J connectivity index is 1.68. The number of carbonyl (C=O) groups is 1. The van der Waals surface area contributed by atoms with Gasteiger partial charge in [-0.3, -0.25) is 4.79 Å². The second-order valence-corrected chi connectivity index (χ2v) is 6.15. The topological polar surface area (TPSA) is 55.1 Å². The van der Waals surface area contributed by atoms with Crippen molar-refractivity contribution in [1.29, 1.82) is 0 Å². The lowest BCUT2D eigenvalue weighted by atomic mass is 9.89. The summed E-state index contributed by atoms with van der Waals surface area (Å²) in [5.74, 6) is 1.06. The molecular weight excluding hydrogens is 276 g/mol. The molecule has 0 bridgehead atoms. The van der Waals surface area contributed by atoms with E-state index >= 15 is 0 Å². The molecule has 116 valence electrons. The fourth-order valence-corrected chi connectivity index (χ4v) is 3.04. The van der Waals surface area contributed by atoms with Crippen molar-refractivity contribution in [3.63, 3.8) is 0 Å². The minimum absolute atomic E-state index is 0.0950. The van der Waals surface area contributed by atoms with Crippen LogP contribution >= 0.6 is 0 Å². The van der Waals surface area contributed by atoms with E-state index in [1.54, 1.807) is 0 Å². The third-order valence-electron chi connectivity index (χ3n) is 4.40. The van der Waals surface area contributed by atoms with Crippen molar-refractivity contribution in [2.75, 3.05) is 6.54 Å². The van der Waals surface area contributed by atoms with Gasteiger partial charge >= 0.3 is 0 Å². The smallest absolute Gasteiger partial charge is 0.256 e. The van der Waals surface area contributed by atoms with E-state index in [0.29, 0.717) is 17.2 Å². The third-order valence-corrected chi connectivity index (χ3v) is 4.40. The molecule has 1 heterocycles. The van der Waals surface area contributed by atoms with E-state index in [1.807, 2.05) is 31.2 Å². The van der Waals surface area contributed by atoms with Gasteiger partial charge in [-0.2, -0.15) is 0 Å². The van der Waals surface area contributed by atoms with Crippen LogP contribution in [-0.2, 0) is 0 Å². The molecule has 0 spiro atoms. The van der Waals surface area contributed by atoms with Crippen LogP contribution in [0.3, 0.4) is 0 Å². The molecular formula is C18H22N2O2. The van der Waals surface area contributed by atoms with Crippen LogP contribution in [0.2, 0.25) is 0 Å². The number of benzene rings is 1. The fourth-order valence-electron chi connectivity index (χ4n) is 3.04. The van der Waals surface area contributed by atoms with Gasteiger partial charge in [0.2, 0.25) is 0 Å². The second-order valence-electron chi connectivity index (χ2n) is 6.15. The van der Waals surface area contributed by atoms with E-state index in [1.165, 1.54) is 43.9 Å². The Labute approximate surface area is 130 Å². The maximum absolute atomic E-state index is 12.4. The van der Waals surface area contributed by atoms with Gasteiger partial charge in [0, 0.05) is 12.1 Å². The summed E-state index contributed by atoms with van der Waals surface area (Å²) in [7, 11) is 0. The zero-order chi connectivity index (χ0) is 15.4. The van der Waals surface area contributed by atoms with Gasteiger partial charge in [-0.1, -0.05) is 54.2 Å². The van der Waals surface area contributed by atoms with Gasteiger partial charge in [-0.15, -0.1) is 0 Å². The zero-order valence-electron chi connectivity index (χ0n) is 13.0. The van der Waals surface area contributed by atoms with Crippen molar-refractivity contribution in [2.24, 2.45) is 5.92 Å². The summed E-state index contributed by atoms with van der Waals surface area (Å²) in [5.41, 5.74) is 2.57. The summed E-state index contributed by atoms with van der Waals surface area (Å²) in [5, 5.41) is 6.84. The molecule has 4 heteroatoms. The van der Waals surface area contributed by atoms with Crippen LogP contribution in [0.25, 0.3) is 11.3 Å². The quantitative estimate of drug-likeness (QED) is 0.929. The first kappa shape index (κ1) is 14.8. The highest BCUT2D eigenvalue weighted by Gasteiger charge is 2.19. The summed E-state index contributed by atoms with van der Waals surface area (Å²) in [6.45, 7) is 2.78. The lowest BCUT2D eigenvalue weighted by Gasteiger charge is -2.21. The van der Waals surface area contributed by atoms with Gasteiger partial charge in [0.25, 0.3) is 5.91 Å². The van der Waals surface area contributed by atoms with Gasteiger partial charge in [0.15, 0.2) is 5.76 Å². The van der Waals surface area contributed by atoms with E-state index in [-0.39, 0.29) is 5.91 Å². The van der Waals surface area contributed by atoms with Crippen LogP contribution in [0.5, 0.6) is 0 Å². The number of hydrogen-bond donors (Lipinski definition) is 1. The van der Waals surface area contributed by atoms with Gasteiger partial charge in [0.05, 0.1) is 6.20 Å². The predicted octanol–water partition coefficient (Wildman–Crippen LogP) is 3.96. The van der Waals surface area contributed by atoms with Gasteiger partial charge < -0.3 is 9.84 Å². The Bertz CT molecular complexity index is 625. The standard InChI is InChI=1S/C18H22N2O2/c1-13-7-9-15(10-8-13)17-16(12-20-22-17)18(21)19-11-14-5-3-2-4-6-14/h7-10,12,14H,2-6,11H2,1H3,(H,19,21). The molecule has 3 rings (SSSR count). The summed E-state index contributed by atoms with van der Waals surface area (Å²) in [4.78, 5) is 12.4. The molecule has 0 atom stereocenters. The van der Waals surface area contributed by atoms with Crippen molar-refractivity contribution in [3.05, 3.63) is 41.6 Å². The van der Waals surface area contributed by atoms with E-state index in [0.717, 1.165) is 12.1 Å². The monoisotopic (exact) mass is 298 g/mol. The number of aryl methyl sites for hydroxylation is 1. The predicted molar refractivity (Wildman–Crippen MR) is 85.6 cm³/mol. The molecule has 0 aliphatic heterocycles. The Morgan fingerprint density at radius 1 is 1.23 bits per heavy atom. The average molecular weight is 298 g/mol. The summed E-state index contributed by atoms with van der Waals surface area (Å²) in [6, 6.07) is 7.91. The van der Waals surface area contributed by atoms with E-state index in [9.17, 15) is 4.79 Å². The third kappa shape index (κ3) is 3.38. The molecule has 2 aromatic rings. The molecule has 22 heavy (non-hydrogen) atoms. The van der Waals surface area contributed by atoms with Crippen LogP contribution in [-0.4, -0.2) is 17.6 Å². The highest BCUT2D eigenvalue weighted by atomic mass is 16.5. The van der Waals surface area contributed by atoms with E-state index < -0.39 is 0 Å². The van der Waals surface area contributed by atoms with E-state index in [4.69, 9.17) is 4.52 Å². The highest BCUT2D eigenvalue weighted by molar-refractivity contribution is 5.99. The zero-order valence-corrected chi connectivity index (χ0v) is 13.0. The first-order chi connectivity index (χ1) is 10.7. The van der Waals surface area contributed by atoms with Crippen molar-refractivity contribution in [3.8, 4) is 11.3 Å². The summed E-state index contributed by atoms with van der Waals surface area (Å²) in [6.07, 6.45) is 7.83. The molecule has 1 aliphatic rings.